The molecular weight excluding hydrogens is 418 g/mol. The van der Waals surface area contributed by atoms with Gasteiger partial charge in [-0.3, -0.25) is 19.0 Å². The van der Waals surface area contributed by atoms with Crippen molar-refractivity contribution in [2.75, 3.05) is 12.4 Å². The third kappa shape index (κ3) is 4.93. The lowest BCUT2D eigenvalue weighted by Crippen LogP contribution is -2.31. The lowest BCUT2D eigenvalue weighted by atomic mass is 10.2. The molecule has 0 bridgehead atoms. The van der Waals surface area contributed by atoms with E-state index in [0.29, 0.717) is 26.7 Å². The van der Waals surface area contributed by atoms with Gasteiger partial charge in [-0.25, -0.2) is 4.98 Å². The van der Waals surface area contributed by atoms with Crippen LogP contribution in [0.1, 0.15) is 13.3 Å². The highest BCUT2D eigenvalue weighted by Gasteiger charge is 2.19. The number of hydrogen-bond acceptors (Lipinski definition) is 7. The second kappa shape index (κ2) is 9.06. The first-order valence-electron chi connectivity index (χ1n) is 8.65. The number of benzene rings is 1. The zero-order chi connectivity index (χ0) is 21.0. The molecule has 2 aromatic heterocycles. The molecule has 3 rings (SSSR count). The van der Waals surface area contributed by atoms with Gasteiger partial charge in [0.05, 0.1) is 30.9 Å². The number of methoxy groups -OCH3 is 1. The van der Waals surface area contributed by atoms with Crippen molar-refractivity contribution in [3.8, 4) is 5.75 Å². The molecule has 0 radical (unpaired) electrons. The van der Waals surface area contributed by atoms with Gasteiger partial charge in [0.1, 0.15) is 10.6 Å². The summed E-state index contributed by atoms with van der Waals surface area (Å²) in [6.07, 6.45) is 0.283. The Kier molecular flexibility index (Phi) is 6.50. The number of esters is 1. The third-order valence-corrected chi connectivity index (χ3v) is 5.16. The van der Waals surface area contributed by atoms with Crippen LogP contribution in [-0.2, 0) is 20.9 Å². The van der Waals surface area contributed by atoms with Gasteiger partial charge in [-0.15, -0.1) is 11.3 Å². The molecule has 0 saturated heterocycles. The van der Waals surface area contributed by atoms with Crippen molar-refractivity contribution in [2.24, 2.45) is 0 Å². The Morgan fingerprint density at radius 3 is 2.90 bits per heavy atom. The fourth-order valence-electron chi connectivity index (χ4n) is 2.59. The molecule has 0 spiro atoms. The van der Waals surface area contributed by atoms with E-state index in [4.69, 9.17) is 21.1 Å². The van der Waals surface area contributed by atoms with Crippen LogP contribution in [0.15, 0.2) is 40.8 Å². The quantitative estimate of drug-likeness (QED) is 0.572. The van der Waals surface area contributed by atoms with Crippen molar-refractivity contribution in [3.63, 3.8) is 0 Å². The summed E-state index contributed by atoms with van der Waals surface area (Å²) in [5.41, 5.74) is 0.150. The first kappa shape index (κ1) is 20.8. The Balaban J connectivity index is 1.57. The molecule has 0 aliphatic carbocycles. The van der Waals surface area contributed by atoms with E-state index in [9.17, 15) is 14.4 Å². The summed E-state index contributed by atoms with van der Waals surface area (Å²) < 4.78 is 11.7. The lowest BCUT2D eigenvalue weighted by molar-refractivity contribution is -0.153. The monoisotopic (exact) mass is 435 g/mol. The Bertz CT molecular complexity index is 1110. The maximum Gasteiger partial charge on any atom is 0.308 e. The number of amides is 1. The smallest absolute Gasteiger partial charge is 0.308 e. The topological polar surface area (TPSA) is 99.5 Å². The molecule has 1 unspecified atom stereocenters. The van der Waals surface area contributed by atoms with Crippen LogP contribution >= 0.6 is 22.9 Å². The summed E-state index contributed by atoms with van der Waals surface area (Å²) in [6, 6.07) is 6.47. The van der Waals surface area contributed by atoms with Crippen molar-refractivity contribution in [2.45, 2.75) is 26.0 Å². The van der Waals surface area contributed by atoms with Crippen molar-refractivity contribution >= 4 is 50.7 Å². The highest BCUT2D eigenvalue weighted by atomic mass is 35.5. The number of halogens is 1. The summed E-state index contributed by atoms with van der Waals surface area (Å²) in [6.45, 7) is 1.56. The second-order valence-electron chi connectivity index (χ2n) is 6.10. The molecule has 1 atom stereocenters. The summed E-state index contributed by atoms with van der Waals surface area (Å²) in [5.74, 6) is -0.711. The molecule has 3 aromatic rings. The van der Waals surface area contributed by atoms with Crippen molar-refractivity contribution in [1.82, 2.24) is 9.55 Å². The summed E-state index contributed by atoms with van der Waals surface area (Å²) in [4.78, 5) is 41.6. The number of thiophene rings is 1. The molecule has 8 nitrogen and oxygen atoms in total. The van der Waals surface area contributed by atoms with Gasteiger partial charge in [-0.2, -0.15) is 0 Å². The van der Waals surface area contributed by atoms with E-state index in [2.05, 4.69) is 10.3 Å². The molecule has 29 heavy (non-hydrogen) atoms. The van der Waals surface area contributed by atoms with Gasteiger partial charge in [0.2, 0.25) is 0 Å². The average molecular weight is 436 g/mol. The minimum absolute atomic E-state index is 0.0741. The summed E-state index contributed by atoms with van der Waals surface area (Å²) >= 11 is 7.31. The summed E-state index contributed by atoms with van der Waals surface area (Å²) in [7, 11) is 1.46. The third-order valence-electron chi connectivity index (χ3n) is 4.10. The van der Waals surface area contributed by atoms with Crippen LogP contribution in [0.4, 0.5) is 5.69 Å². The molecule has 1 N–H and O–H groups in total. The van der Waals surface area contributed by atoms with Crippen LogP contribution in [0.5, 0.6) is 5.75 Å². The average Bonchev–Trinajstić information content (AvgIpc) is 3.17. The van der Waals surface area contributed by atoms with Crippen LogP contribution in [0.2, 0.25) is 5.02 Å². The van der Waals surface area contributed by atoms with Gasteiger partial charge < -0.3 is 14.8 Å². The first-order valence-corrected chi connectivity index (χ1v) is 9.91. The van der Waals surface area contributed by atoms with Crippen LogP contribution in [0.25, 0.3) is 10.2 Å². The molecule has 0 fully saturated rings. The summed E-state index contributed by atoms with van der Waals surface area (Å²) in [5, 5.41) is 5.33. The Hall–Kier alpha value is -2.91. The van der Waals surface area contributed by atoms with E-state index in [0.717, 1.165) is 0 Å². The molecule has 1 aromatic carbocycles. The largest absolute Gasteiger partial charge is 0.495 e. The molecule has 0 aliphatic rings. The Morgan fingerprint density at radius 1 is 1.34 bits per heavy atom. The number of fused-ring (bicyclic) bond motifs is 1. The van der Waals surface area contributed by atoms with Gasteiger partial charge in [-0.1, -0.05) is 11.6 Å². The number of aromatic nitrogens is 2. The van der Waals surface area contributed by atoms with E-state index >= 15 is 0 Å². The lowest BCUT2D eigenvalue weighted by Gasteiger charge is -2.15. The number of hydrogen-bond donors (Lipinski definition) is 1. The van der Waals surface area contributed by atoms with Gasteiger partial charge >= 0.3 is 5.97 Å². The standard InChI is InChI=1S/C19H18ClN3O5S/c1-11(17(25)22-14-9-12(20)3-4-15(14)27-2)28-16(24)5-7-23-10-21-18-13(19(23)26)6-8-29-18/h3-4,6,8-11H,5,7H2,1-2H3,(H,22,25). The zero-order valence-corrected chi connectivity index (χ0v) is 17.2. The molecular formula is C19H18ClN3O5S. The van der Waals surface area contributed by atoms with Crippen LogP contribution in [0.3, 0.4) is 0 Å². The molecule has 1 amide bonds. The minimum atomic E-state index is -1.04. The van der Waals surface area contributed by atoms with Crippen molar-refractivity contribution in [3.05, 3.63) is 51.3 Å². The SMILES string of the molecule is COc1ccc(Cl)cc1NC(=O)C(C)OC(=O)CCn1cnc2sccc2c1=O. The number of aryl methyl sites for hydroxylation is 1. The van der Waals surface area contributed by atoms with Crippen LogP contribution < -0.4 is 15.6 Å². The number of ether oxygens (including phenoxy) is 2. The molecule has 0 saturated carbocycles. The predicted octanol–water partition coefficient (Wildman–Crippen LogP) is 3.08. The Morgan fingerprint density at radius 2 is 2.14 bits per heavy atom. The van der Waals surface area contributed by atoms with Crippen LogP contribution in [-0.4, -0.2) is 34.6 Å². The predicted molar refractivity (Wildman–Crippen MR) is 111 cm³/mol. The van der Waals surface area contributed by atoms with E-state index < -0.39 is 18.0 Å². The van der Waals surface area contributed by atoms with E-state index in [1.807, 2.05) is 0 Å². The number of nitrogens with one attached hydrogen (secondary N) is 1. The number of carbonyl (C=O) groups is 2. The van der Waals surface area contributed by atoms with E-state index in [1.54, 1.807) is 23.6 Å². The van der Waals surface area contributed by atoms with Crippen molar-refractivity contribution in [1.29, 1.82) is 0 Å². The maximum atomic E-state index is 12.3. The van der Waals surface area contributed by atoms with Gasteiger partial charge in [0.15, 0.2) is 6.10 Å². The first-order chi connectivity index (χ1) is 13.9. The van der Waals surface area contributed by atoms with Crippen LogP contribution in [0, 0.1) is 0 Å². The second-order valence-corrected chi connectivity index (χ2v) is 7.43. The molecule has 2 heterocycles. The van der Waals surface area contributed by atoms with Gasteiger partial charge in [0, 0.05) is 11.6 Å². The van der Waals surface area contributed by atoms with Crippen molar-refractivity contribution < 1.29 is 19.1 Å². The highest BCUT2D eigenvalue weighted by Crippen LogP contribution is 2.27. The van der Waals surface area contributed by atoms with Gasteiger partial charge in [-0.05, 0) is 36.6 Å². The minimum Gasteiger partial charge on any atom is -0.495 e. The number of rotatable bonds is 7. The zero-order valence-electron chi connectivity index (χ0n) is 15.7. The van der Waals surface area contributed by atoms with Gasteiger partial charge in [0.25, 0.3) is 11.5 Å². The molecule has 10 heteroatoms. The fourth-order valence-corrected chi connectivity index (χ4v) is 3.48. The fraction of sp³-hybridized carbons (Fsp3) is 0.263. The number of carbonyl (C=O) groups excluding carboxylic acids is 2. The maximum absolute atomic E-state index is 12.3. The number of nitrogens with zero attached hydrogens (tertiary/aromatic N) is 2. The van der Waals surface area contributed by atoms with E-state index in [1.165, 1.54) is 42.3 Å². The van der Waals surface area contributed by atoms with E-state index in [-0.39, 0.29) is 18.5 Å². The molecule has 152 valence electrons. The normalized spacial score (nSPS) is 11.8. The molecule has 0 aliphatic heterocycles. The number of anilines is 1. The highest BCUT2D eigenvalue weighted by molar-refractivity contribution is 7.16. The Labute approximate surface area is 175 Å².